The van der Waals surface area contributed by atoms with Crippen molar-refractivity contribution in [2.24, 2.45) is 0 Å². The number of carbonyl (C=O) groups excluding carboxylic acids is 1. The first-order valence-electron chi connectivity index (χ1n) is 7.44. The number of hydrogen-bond donors (Lipinski definition) is 1. The van der Waals surface area contributed by atoms with Gasteiger partial charge in [-0.2, -0.15) is 0 Å². The van der Waals surface area contributed by atoms with Crippen LogP contribution in [-0.4, -0.2) is 28.7 Å². The van der Waals surface area contributed by atoms with E-state index in [4.69, 9.17) is 15.2 Å². The molecule has 2 aromatic rings. The highest BCUT2D eigenvalue weighted by atomic mass is 16.5. The lowest BCUT2D eigenvalue weighted by Crippen LogP contribution is -2.24. The van der Waals surface area contributed by atoms with Crippen LogP contribution in [0.2, 0.25) is 0 Å². The molecule has 0 spiro atoms. The van der Waals surface area contributed by atoms with Crippen LogP contribution in [0.4, 0.5) is 5.69 Å². The van der Waals surface area contributed by atoms with Gasteiger partial charge in [0.1, 0.15) is 24.0 Å². The lowest BCUT2D eigenvalue weighted by Gasteiger charge is -2.19. The normalized spacial score (nSPS) is 14.0. The van der Waals surface area contributed by atoms with E-state index in [0.29, 0.717) is 23.6 Å². The maximum atomic E-state index is 12.4. The van der Waals surface area contributed by atoms with Crippen LogP contribution < -0.4 is 5.73 Å². The number of imidazole rings is 1. The van der Waals surface area contributed by atoms with Crippen molar-refractivity contribution >= 4 is 22.7 Å². The number of fused-ring (bicyclic) bond motifs is 1. The van der Waals surface area contributed by atoms with Gasteiger partial charge in [0.05, 0.1) is 17.3 Å². The van der Waals surface area contributed by atoms with Crippen molar-refractivity contribution in [3.05, 3.63) is 24.0 Å². The van der Waals surface area contributed by atoms with E-state index < -0.39 is 6.04 Å². The molecule has 0 bridgehead atoms. The molecule has 2 rings (SSSR count). The number of nitrogens with zero attached hydrogens (tertiary/aromatic N) is 2. The average molecular weight is 305 g/mol. The third kappa shape index (κ3) is 3.06. The van der Waals surface area contributed by atoms with Crippen LogP contribution in [0, 0.1) is 0 Å². The number of rotatable bonds is 6. The minimum atomic E-state index is -0.494. The number of esters is 1. The monoisotopic (exact) mass is 305 g/mol. The van der Waals surface area contributed by atoms with E-state index in [1.807, 2.05) is 30.5 Å². The summed E-state index contributed by atoms with van der Waals surface area (Å²) in [6.07, 6.45) is 0.668. The standard InChI is InChI=1S/C16H23N3O3/c1-5-10(2)22-16(20)11(3)19-13-8-6-7-12(17)15(13)18-14(19)9-21-4/h6-8,10-11H,5,9,17H2,1-4H3. The first kappa shape index (κ1) is 16.3. The topological polar surface area (TPSA) is 79.4 Å². The number of hydrogen-bond acceptors (Lipinski definition) is 5. The van der Waals surface area contributed by atoms with Crippen LogP contribution in [0.1, 0.15) is 39.1 Å². The Morgan fingerprint density at radius 2 is 2.14 bits per heavy atom. The van der Waals surface area contributed by atoms with Gasteiger partial charge in [-0.3, -0.25) is 0 Å². The number of ether oxygens (including phenoxy) is 2. The summed E-state index contributed by atoms with van der Waals surface area (Å²) in [5.41, 5.74) is 8.04. The van der Waals surface area contributed by atoms with Gasteiger partial charge in [0.15, 0.2) is 0 Å². The second kappa shape index (κ2) is 6.79. The molecule has 0 saturated carbocycles. The van der Waals surface area contributed by atoms with Crippen LogP contribution in [-0.2, 0) is 20.9 Å². The maximum Gasteiger partial charge on any atom is 0.329 e. The Kier molecular flexibility index (Phi) is 5.03. The Morgan fingerprint density at radius 3 is 2.77 bits per heavy atom. The molecular formula is C16H23N3O3. The minimum Gasteiger partial charge on any atom is -0.461 e. The number of aromatic nitrogens is 2. The number of nitrogens with two attached hydrogens (primary N) is 1. The SMILES string of the molecule is CCC(C)OC(=O)C(C)n1c(COC)nc2c(N)cccc21. The zero-order valence-corrected chi connectivity index (χ0v) is 13.5. The van der Waals surface area contributed by atoms with Gasteiger partial charge < -0.3 is 19.8 Å². The lowest BCUT2D eigenvalue weighted by atomic mass is 10.2. The molecule has 2 atom stereocenters. The van der Waals surface area contributed by atoms with Gasteiger partial charge >= 0.3 is 5.97 Å². The Bertz CT molecular complexity index is 666. The van der Waals surface area contributed by atoms with Crippen LogP contribution in [0.25, 0.3) is 11.0 Å². The molecule has 120 valence electrons. The van der Waals surface area contributed by atoms with E-state index in [0.717, 1.165) is 11.9 Å². The van der Waals surface area contributed by atoms with E-state index in [1.54, 1.807) is 20.1 Å². The van der Waals surface area contributed by atoms with Crippen molar-refractivity contribution in [3.8, 4) is 0 Å². The van der Waals surface area contributed by atoms with E-state index in [-0.39, 0.29) is 12.1 Å². The molecule has 0 fully saturated rings. The number of methoxy groups -OCH3 is 1. The number of anilines is 1. The van der Waals surface area contributed by atoms with E-state index >= 15 is 0 Å². The molecule has 1 aromatic heterocycles. The summed E-state index contributed by atoms with van der Waals surface area (Å²) in [7, 11) is 1.59. The minimum absolute atomic E-state index is 0.110. The van der Waals surface area contributed by atoms with Gasteiger partial charge in [-0.25, -0.2) is 9.78 Å². The van der Waals surface area contributed by atoms with Crippen molar-refractivity contribution in [2.45, 2.75) is 45.9 Å². The molecule has 22 heavy (non-hydrogen) atoms. The fourth-order valence-corrected chi connectivity index (χ4v) is 2.34. The van der Waals surface area contributed by atoms with E-state index in [2.05, 4.69) is 4.98 Å². The predicted molar refractivity (Wildman–Crippen MR) is 85.4 cm³/mol. The molecule has 0 aliphatic rings. The number of carbonyl (C=O) groups is 1. The molecule has 6 nitrogen and oxygen atoms in total. The van der Waals surface area contributed by atoms with Gasteiger partial charge in [0, 0.05) is 7.11 Å². The zero-order chi connectivity index (χ0) is 16.3. The van der Waals surface area contributed by atoms with E-state index in [1.165, 1.54) is 0 Å². The second-order valence-corrected chi connectivity index (χ2v) is 5.38. The van der Waals surface area contributed by atoms with Gasteiger partial charge in [0.2, 0.25) is 0 Å². The summed E-state index contributed by atoms with van der Waals surface area (Å²) in [6, 6.07) is 5.04. The van der Waals surface area contributed by atoms with E-state index in [9.17, 15) is 4.79 Å². The van der Waals surface area contributed by atoms with Gasteiger partial charge in [-0.15, -0.1) is 0 Å². The van der Waals surface area contributed by atoms with Gasteiger partial charge in [0.25, 0.3) is 0 Å². The van der Waals surface area contributed by atoms with Crippen molar-refractivity contribution in [1.29, 1.82) is 0 Å². The zero-order valence-electron chi connectivity index (χ0n) is 13.5. The summed E-state index contributed by atoms with van der Waals surface area (Å²) in [4.78, 5) is 16.9. The lowest BCUT2D eigenvalue weighted by molar-refractivity contribution is -0.151. The smallest absolute Gasteiger partial charge is 0.329 e. The van der Waals surface area contributed by atoms with Crippen LogP contribution in [0.5, 0.6) is 0 Å². The number of nitrogen functional groups attached to an aromatic ring is 1. The Hall–Kier alpha value is -2.08. The molecule has 0 aliphatic carbocycles. The molecule has 0 amide bonds. The first-order chi connectivity index (χ1) is 10.5. The Labute approximate surface area is 130 Å². The predicted octanol–water partition coefficient (Wildman–Crippen LogP) is 2.67. The Morgan fingerprint density at radius 1 is 1.41 bits per heavy atom. The maximum absolute atomic E-state index is 12.4. The van der Waals surface area contributed by atoms with Crippen molar-refractivity contribution in [2.75, 3.05) is 12.8 Å². The first-order valence-corrected chi connectivity index (χ1v) is 7.44. The molecule has 1 aromatic carbocycles. The molecule has 0 aliphatic heterocycles. The molecular weight excluding hydrogens is 282 g/mol. The largest absolute Gasteiger partial charge is 0.461 e. The van der Waals surface area contributed by atoms with Crippen molar-refractivity contribution in [1.82, 2.24) is 9.55 Å². The third-order valence-electron chi connectivity index (χ3n) is 3.72. The summed E-state index contributed by atoms with van der Waals surface area (Å²) in [5, 5.41) is 0. The molecule has 0 radical (unpaired) electrons. The highest BCUT2D eigenvalue weighted by Crippen LogP contribution is 2.26. The summed E-state index contributed by atoms with van der Waals surface area (Å²) in [5.74, 6) is 0.373. The van der Waals surface area contributed by atoms with Crippen LogP contribution in [0.15, 0.2) is 18.2 Å². The number of para-hydroxylation sites is 1. The second-order valence-electron chi connectivity index (χ2n) is 5.38. The molecule has 0 saturated heterocycles. The summed E-state index contributed by atoms with van der Waals surface area (Å²) >= 11 is 0. The fraction of sp³-hybridized carbons (Fsp3) is 0.500. The average Bonchev–Trinajstić information content (AvgIpc) is 2.86. The van der Waals surface area contributed by atoms with Crippen molar-refractivity contribution in [3.63, 3.8) is 0 Å². The quantitative estimate of drug-likeness (QED) is 0.655. The van der Waals surface area contributed by atoms with Gasteiger partial charge in [-0.05, 0) is 32.4 Å². The summed E-state index contributed by atoms with van der Waals surface area (Å²) in [6.45, 7) is 5.96. The summed E-state index contributed by atoms with van der Waals surface area (Å²) < 4.78 is 12.5. The molecule has 1 heterocycles. The molecule has 2 N–H and O–H groups in total. The highest BCUT2D eigenvalue weighted by Gasteiger charge is 2.24. The van der Waals surface area contributed by atoms with Crippen molar-refractivity contribution < 1.29 is 14.3 Å². The fourth-order valence-electron chi connectivity index (χ4n) is 2.34. The molecule has 2 unspecified atom stereocenters. The third-order valence-corrected chi connectivity index (χ3v) is 3.72. The number of benzene rings is 1. The highest BCUT2D eigenvalue weighted by molar-refractivity contribution is 5.89. The van der Waals surface area contributed by atoms with Crippen LogP contribution in [0.3, 0.4) is 0 Å². The van der Waals surface area contributed by atoms with Gasteiger partial charge in [-0.1, -0.05) is 13.0 Å². The van der Waals surface area contributed by atoms with Crippen LogP contribution >= 0.6 is 0 Å². The molecule has 6 heteroatoms. The Balaban J connectivity index is 2.45.